The average molecular weight is 445 g/mol. The molecule has 0 atom stereocenters. The second kappa shape index (κ2) is 10.4. The van der Waals surface area contributed by atoms with Gasteiger partial charge < -0.3 is 9.80 Å². The third kappa shape index (κ3) is 6.05. The maximum Gasteiger partial charge on any atom is 0.0991 e. The Balaban J connectivity index is 0.000000290. The molecule has 1 saturated heterocycles. The van der Waals surface area contributed by atoms with Crippen LogP contribution in [0.25, 0.3) is 0 Å². The Morgan fingerprint density at radius 1 is 0.690 bits per heavy atom. The van der Waals surface area contributed by atoms with Crippen LogP contribution in [0.2, 0.25) is 15.1 Å². The highest BCUT2D eigenvalue weighted by molar-refractivity contribution is 6.36. The van der Waals surface area contributed by atoms with E-state index in [4.69, 9.17) is 40.1 Å². The van der Waals surface area contributed by atoms with Crippen LogP contribution >= 0.6 is 34.8 Å². The highest BCUT2D eigenvalue weighted by atomic mass is 35.5. The molecule has 0 spiro atoms. The molecule has 0 radical (unpaired) electrons. The van der Waals surface area contributed by atoms with Crippen molar-refractivity contribution in [3.05, 3.63) is 93.4 Å². The first-order chi connectivity index (χ1) is 14.1. The van der Waals surface area contributed by atoms with E-state index in [1.54, 1.807) is 6.07 Å². The molecule has 0 aliphatic carbocycles. The number of hydrogen-bond donors (Lipinski definition) is 0. The summed E-state index contributed by atoms with van der Waals surface area (Å²) in [5.74, 6) is 0. The van der Waals surface area contributed by atoms with Gasteiger partial charge in [0, 0.05) is 41.9 Å². The molecule has 3 nitrogen and oxygen atoms in total. The summed E-state index contributed by atoms with van der Waals surface area (Å²) in [5, 5.41) is 11.0. The molecule has 4 rings (SSSR count). The van der Waals surface area contributed by atoms with Gasteiger partial charge in [0.25, 0.3) is 0 Å². The molecule has 1 aliphatic heterocycles. The Hall–Kier alpha value is -2.38. The molecule has 0 saturated carbocycles. The Kier molecular flexibility index (Phi) is 7.66. The van der Waals surface area contributed by atoms with Crippen LogP contribution in [0, 0.1) is 11.3 Å². The van der Waals surface area contributed by atoms with Crippen LogP contribution in [0.15, 0.2) is 72.8 Å². The fourth-order valence-corrected chi connectivity index (χ4v) is 3.78. The van der Waals surface area contributed by atoms with Crippen molar-refractivity contribution in [1.82, 2.24) is 0 Å². The predicted octanol–water partition coefficient (Wildman–Crippen LogP) is 6.53. The lowest BCUT2D eigenvalue weighted by Gasteiger charge is -2.37. The van der Waals surface area contributed by atoms with Gasteiger partial charge in [-0.3, -0.25) is 0 Å². The van der Waals surface area contributed by atoms with Crippen molar-refractivity contribution >= 4 is 46.2 Å². The van der Waals surface area contributed by atoms with Crippen molar-refractivity contribution in [2.75, 3.05) is 36.0 Å². The zero-order valence-electron chi connectivity index (χ0n) is 15.7. The number of nitrogens with zero attached hydrogens (tertiary/aromatic N) is 3. The van der Waals surface area contributed by atoms with Gasteiger partial charge in [-0.05, 0) is 54.6 Å². The third-order valence-electron chi connectivity index (χ3n) is 4.62. The van der Waals surface area contributed by atoms with Gasteiger partial charge in [-0.2, -0.15) is 5.26 Å². The zero-order valence-corrected chi connectivity index (χ0v) is 18.0. The van der Waals surface area contributed by atoms with Crippen molar-refractivity contribution in [2.24, 2.45) is 0 Å². The smallest absolute Gasteiger partial charge is 0.0991 e. The number of halogens is 3. The van der Waals surface area contributed by atoms with E-state index in [0.29, 0.717) is 15.6 Å². The molecule has 0 unspecified atom stereocenters. The van der Waals surface area contributed by atoms with Gasteiger partial charge in [-0.15, -0.1) is 0 Å². The maximum atomic E-state index is 8.85. The van der Waals surface area contributed by atoms with Crippen LogP contribution < -0.4 is 9.80 Å². The van der Waals surface area contributed by atoms with E-state index in [9.17, 15) is 0 Å². The monoisotopic (exact) mass is 443 g/mol. The molecule has 6 heteroatoms. The lowest BCUT2D eigenvalue weighted by Crippen LogP contribution is -2.46. The van der Waals surface area contributed by atoms with Gasteiger partial charge in [0.05, 0.1) is 22.3 Å². The minimum Gasteiger partial charge on any atom is -0.368 e. The molecule has 0 amide bonds. The van der Waals surface area contributed by atoms with Gasteiger partial charge in [0.1, 0.15) is 0 Å². The third-order valence-corrected chi connectivity index (χ3v) is 5.41. The molecular formula is C23H20Cl3N3. The summed E-state index contributed by atoms with van der Waals surface area (Å²) in [6.45, 7) is 3.65. The Bertz CT molecular complexity index is 961. The van der Waals surface area contributed by atoms with E-state index in [2.05, 4.69) is 15.9 Å². The number of nitriles is 1. The van der Waals surface area contributed by atoms with E-state index in [-0.39, 0.29) is 0 Å². The summed E-state index contributed by atoms with van der Waals surface area (Å²) in [7, 11) is 0. The van der Waals surface area contributed by atoms with Gasteiger partial charge in [0.15, 0.2) is 0 Å². The van der Waals surface area contributed by atoms with Crippen LogP contribution in [-0.4, -0.2) is 26.2 Å². The normalized spacial score (nSPS) is 13.3. The molecule has 1 heterocycles. The highest BCUT2D eigenvalue weighted by Crippen LogP contribution is 2.30. The fraction of sp³-hybridized carbons (Fsp3) is 0.174. The predicted molar refractivity (Wildman–Crippen MR) is 123 cm³/mol. The lowest BCUT2D eigenvalue weighted by atomic mass is 10.2. The van der Waals surface area contributed by atoms with Gasteiger partial charge in [-0.25, -0.2) is 0 Å². The summed E-state index contributed by atoms with van der Waals surface area (Å²) >= 11 is 17.8. The van der Waals surface area contributed by atoms with Crippen molar-refractivity contribution < 1.29 is 0 Å². The SMILES string of the molecule is Clc1ccccc1.N#Cc1ccc(N2CCN(c3ccc(Cl)cc3Cl)CC2)cc1. The molecule has 0 aromatic heterocycles. The van der Waals surface area contributed by atoms with Crippen LogP contribution in [0.5, 0.6) is 0 Å². The number of hydrogen-bond acceptors (Lipinski definition) is 3. The second-order valence-electron chi connectivity index (χ2n) is 6.52. The summed E-state index contributed by atoms with van der Waals surface area (Å²) < 4.78 is 0. The van der Waals surface area contributed by atoms with E-state index >= 15 is 0 Å². The molecule has 148 valence electrons. The lowest BCUT2D eigenvalue weighted by molar-refractivity contribution is 0.653. The zero-order chi connectivity index (χ0) is 20.6. The summed E-state index contributed by atoms with van der Waals surface area (Å²) in [5.41, 5.74) is 2.88. The molecule has 1 fully saturated rings. The molecule has 1 aliphatic rings. The van der Waals surface area contributed by atoms with Crippen LogP contribution in [-0.2, 0) is 0 Å². The average Bonchev–Trinajstić information content (AvgIpc) is 2.75. The first-order valence-electron chi connectivity index (χ1n) is 9.22. The van der Waals surface area contributed by atoms with E-state index in [1.165, 1.54) is 0 Å². The standard InChI is InChI=1S/C17H15Cl2N3.C6H5Cl/c18-14-3-6-17(16(19)11-14)22-9-7-21(8-10-22)15-4-1-13(12-20)2-5-15;7-6-4-2-1-3-5-6/h1-6,11H,7-10H2;1-5H. The summed E-state index contributed by atoms with van der Waals surface area (Å²) in [6, 6.07) is 24.9. The van der Waals surface area contributed by atoms with Crippen molar-refractivity contribution in [3.8, 4) is 6.07 Å². The number of rotatable bonds is 2. The minimum atomic E-state index is 0.657. The molecule has 29 heavy (non-hydrogen) atoms. The number of anilines is 2. The first kappa shape index (κ1) is 21.3. The molecular weight excluding hydrogens is 425 g/mol. The maximum absolute atomic E-state index is 8.85. The second-order valence-corrected chi connectivity index (χ2v) is 7.80. The largest absolute Gasteiger partial charge is 0.368 e. The van der Waals surface area contributed by atoms with E-state index < -0.39 is 0 Å². The molecule has 3 aromatic rings. The van der Waals surface area contributed by atoms with Crippen LogP contribution in [0.3, 0.4) is 0 Å². The van der Waals surface area contributed by atoms with Crippen molar-refractivity contribution in [2.45, 2.75) is 0 Å². The minimum absolute atomic E-state index is 0.657. The number of benzene rings is 3. The van der Waals surface area contributed by atoms with Gasteiger partial charge >= 0.3 is 0 Å². The van der Waals surface area contributed by atoms with Crippen molar-refractivity contribution in [3.63, 3.8) is 0 Å². The van der Waals surface area contributed by atoms with Gasteiger partial charge in [0.2, 0.25) is 0 Å². The summed E-state index contributed by atoms with van der Waals surface area (Å²) in [4.78, 5) is 4.60. The van der Waals surface area contributed by atoms with E-state index in [0.717, 1.165) is 42.6 Å². The summed E-state index contributed by atoms with van der Waals surface area (Å²) in [6.07, 6.45) is 0. The van der Waals surface area contributed by atoms with Crippen molar-refractivity contribution in [1.29, 1.82) is 5.26 Å². The topological polar surface area (TPSA) is 30.3 Å². The highest BCUT2D eigenvalue weighted by Gasteiger charge is 2.19. The number of piperazine rings is 1. The molecule has 0 N–H and O–H groups in total. The Morgan fingerprint density at radius 2 is 1.31 bits per heavy atom. The Labute approximate surface area is 186 Å². The first-order valence-corrected chi connectivity index (χ1v) is 10.4. The fourth-order valence-electron chi connectivity index (χ4n) is 3.10. The van der Waals surface area contributed by atoms with E-state index in [1.807, 2.05) is 66.7 Å². The van der Waals surface area contributed by atoms with Gasteiger partial charge in [-0.1, -0.05) is 53.0 Å². The van der Waals surface area contributed by atoms with Crippen LogP contribution in [0.4, 0.5) is 11.4 Å². The molecule has 0 bridgehead atoms. The Morgan fingerprint density at radius 3 is 1.83 bits per heavy atom. The molecule has 3 aromatic carbocycles. The quantitative estimate of drug-likeness (QED) is 0.450. The van der Waals surface area contributed by atoms with Crippen LogP contribution in [0.1, 0.15) is 5.56 Å².